The normalized spacial score (nSPS) is 15.2. The van der Waals surface area contributed by atoms with Crippen LogP contribution in [0.5, 0.6) is 0 Å². The van der Waals surface area contributed by atoms with Gasteiger partial charge in [0.2, 0.25) is 0 Å². The molecule has 124 valence electrons. The van der Waals surface area contributed by atoms with Crippen LogP contribution in [-0.4, -0.2) is 42.0 Å². The lowest BCUT2D eigenvalue weighted by atomic mass is 10.1. The summed E-state index contributed by atoms with van der Waals surface area (Å²) in [6.45, 7) is 4.32. The molecule has 1 aromatic carbocycles. The zero-order valence-corrected chi connectivity index (χ0v) is 13.5. The van der Waals surface area contributed by atoms with Gasteiger partial charge < -0.3 is 10.1 Å². The monoisotopic (exact) mass is 318 g/mol. The summed E-state index contributed by atoms with van der Waals surface area (Å²) in [6.07, 6.45) is 2.21. The fourth-order valence-electron chi connectivity index (χ4n) is 2.37. The molecular weight excluding hydrogens is 296 g/mol. The van der Waals surface area contributed by atoms with Gasteiger partial charge in [0.05, 0.1) is 5.56 Å². The van der Waals surface area contributed by atoms with Crippen LogP contribution >= 0.6 is 0 Å². The minimum atomic E-state index is -0.994. The van der Waals surface area contributed by atoms with Crippen LogP contribution in [0.4, 0.5) is 4.79 Å². The highest BCUT2D eigenvalue weighted by atomic mass is 16.5. The van der Waals surface area contributed by atoms with Crippen molar-refractivity contribution < 1.29 is 19.1 Å². The van der Waals surface area contributed by atoms with Crippen LogP contribution in [0, 0.1) is 0 Å². The summed E-state index contributed by atoms with van der Waals surface area (Å²) < 4.78 is 5.17. The first-order valence-electron chi connectivity index (χ1n) is 7.92. The maximum Gasteiger partial charge on any atom is 0.338 e. The number of hydrogen-bond donors (Lipinski definition) is 1. The van der Waals surface area contributed by atoms with Gasteiger partial charge in [0.15, 0.2) is 6.10 Å². The molecule has 0 unspecified atom stereocenters. The molecule has 1 aliphatic heterocycles. The molecule has 1 aromatic rings. The highest BCUT2D eigenvalue weighted by Crippen LogP contribution is 2.11. The Kier molecular flexibility index (Phi) is 5.73. The Labute approximate surface area is 135 Å². The number of nitrogens with zero attached hydrogens (tertiary/aromatic N) is 1. The molecule has 0 spiro atoms. The molecule has 0 aromatic heterocycles. The lowest BCUT2D eigenvalue weighted by molar-refractivity contribution is -0.136. The molecule has 1 N–H and O–H groups in total. The van der Waals surface area contributed by atoms with E-state index in [2.05, 4.69) is 12.2 Å². The first kappa shape index (κ1) is 17.0. The maximum absolute atomic E-state index is 12.1. The van der Waals surface area contributed by atoms with Gasteiger partial charge in [0, 0.05) is 13.1 Å². The Bertz CT molecular complexity index is 583. The molecule has 0 aliphatic carbocycles. The Morgan fingerprint density at radius 1 is 1.30 bits per heavy atom. The fourth-order valence-corrected chi connectivity index (χ4v) is 2.37. The second kappa shape index (κ2) is 7.76. The van der Waals surface area contributed by atoms with Crippen LogP contribution in [0.3, 0.4) is 0 Å². The number of unbranched alkanes of at least 4 members (excludes halogenated alkanes) is 1. The van der Waals surface area contributed by atoms with E-state index in [0.717, 1.165) is 24.2 Å². The van der Waals surface area contributed by atoms with Crippen molar-refractivity contribution in [3.8, 4) is 0 Å². The molecule has 0 saturated carbocycles. The highest BCUT2D eigenvalue weighted by Gasteiger charge is 2.31. The van der Waals surface area contributed by atoms with Crippen molar-refractivity contribution in [1.82, 2.24) is 10.2 Å². The third kappa shape index (κ3) is 4.31. The number of esters is 1. The number of aryl methyl sites for hydroxylation is 1. The number of benzene rings is 1. The van der Waals surface area contributed by atoms with Gasteiger partial charge in [-0.2, -0.15) is 0 Å². The standard InChI is InChI=1S/C17H22N2O4/c1-3-4-5-13-6-8-14(9-7-13)16(21)23-12(2)15(20)19-11-10-18-17(19)22/h6-9,12H,3-5,10-11H2,1-2H3,(H,18,22)/t12-/m1/s1. The van der Waals surface area contributed by atoms with Crippen molar-refractivity contribution in [1.29, 1.82) is 0 Å². The lowest BCUT2D eigenvalue weighted by Gasteiger charge is -2.18. The second-order valence-corrected chi connectivity index (χ2v) is 5.57. The topological polar surface area (TPSA) is 75.7 Å². The van der Waals surface area contributed by atoms with Gasteiger partial charge in [-0.3, -0.25) is 9.69 Å². The molecule has 1 atom stereocenters. The van der Waals surface area contributed by atoms with Gasteiger partial charge >= 0.3 is 12.0 Å². The van der Waals surface area contributed by atoms with E-state index in [1.54, 1.807) is 12.1 Å². The third-order valence-electron chi connectivity index (χ3n) is 3.76. The van der Waals surface area contributed by atoms with E-state index < -0.39 is 24.0 Å². The van der Waals surface area contributed by atoms with Crippen molar-refractivity contribution >= 4 is 17.9 Å². The van der Waals surface area contributed by atoms with Crippen LogP contribution in [-0.2, 0) is 16.0 Å². The van der Waals surface area contributed by atoms with Crippen molar-refractivity contribution in [3.63, 3.8) is 0 Å². The number of rotatable bonds is 6. The zero-order valence-electron chi connectivity index (χ0n) is 13.5. The van der Waals surface area contributed by atoms with Crippen LogP contribution in [0.25, 0.3) is 0 Å². The number of imide groups is 1. The number of nitrogens with one attached hydrogen (secondary N) is 1. The summed E-state index contributed by atoms with van der Waals surface area (Å²) in [5, 5.41) is 2.54. The summed E-state index contributed by atoms with van der Waals surface area (Å²) in [7, 11) is 0. The lowest BCUT2D eigenvalue weighted by Crippen LogP contribution is -2.41. The largest absolute Gasteiger partial charge is 0.449 e. The summed E-state index contributed by atoms with van der Waals surface area (Å²) >= 11 is 0. The van der Waals surface area contributed by atoms with E-state index in [1.807, 2.05) is 12.1 Å². The molecule has 3 amide bonds. The quantitative estimate of drug-likeness (QED) is 0.815. The van der Waals surface area contributed by atoms with Crippen LogP contribution in [0.15, 0.2) is 24.3 Å². The van der Waals surface area contributed by atoms with E-state index in [-0.39, 0.29) is 0 Å². The molecule has 6 nitrogen and oxygen atoms in total. The van der Waals surface area contributed by atoms with E-state index in [4.69, 9.17) is 4.74 Å². The van der Waals surface area contributed by atoms with Crippen LogP contribution < -0.4 is 5.32 Å². The Hall–Kier alpha value is -2.37. The minimum absolute atomic E-state index is 0.297. The summed E-state index contributed by atoms with van der Waals surface area (Å²) in [5.41, 5.74) is 1.57. The smallest absolute Gasteiger partial charge is 0.338 e. The fraction of sp³-hybridized carbons (Fsp3) is 0.471. The molecule has 23 heavy (non-hydrogen) atoms. The van der Waals surface area contributed by atoms with E-state index in [9.17, 15) is 14.4 Å². The molecule has 1 fully saturated rings. The number of hydrogen-bond acceptors (Lipinski definition) is 4. The van der Waals surface area contributed by atoms with Crippen molar-refractivity contribution in [3.05, 3.63) is 35.4 Å². The number of carbonyl (C=O) groups is 3. The second-order valence-electron chi connectivity index (χ2n) is 5.57. The first-order valence-corrected chi connectivity index (χ1v) is 7.92. The molecule has 0 bridgehead atoms. The van der Waals surface area contributed by atoms with Crippen molar-refractivity contribution in [2.75, 3.05) is 13.1 Å². The molecule has 1 saturated heterocycles. The number of ether oxygens (including phenoxy) is 1. The Morgan fingerprint density at radius 2 is 2.00 bits per heavy atom. The van der Waals surface area contributed by atoms with Gasteiger partial charge in [-0.15, -0.1) is 0 Å². The maximum atomic E-state index is 12.1. The van der Waals surface area contributed by atoms with E-state index in [0.29, 0.717) is 18.7 Å². The van der Waals surface area contributed by atoms with Gasteiger partial charge in [-0.1, -0.05) is 25.5 Å². The first-order chi connectivity index (χ1) is 11.0. The minimum Gasteiger partial charge on any atom is -0.449 e. The zero-order chi connectivity index (χ0) is 16.8. The molecule has 1 heterocycles. The molecule has 6 heteroatoms. The number of amides is 3. The van der Waals surface area contributed by atoms with Gasteiger partial charge in [-0.05, 0) is 37.5 Å². The Morgan fingerprint density at radius 3 is 2.57 bits per heavy atom. The molecule has 0 radical (unpaired) electrons. The van der Waals surface area contributed by atoms with Crippen molar-refractivity contribution in [2.24, 2.45) is 0 Å². The van der Waals surface area contributed by atoms with E-state index in [1.165, 1.54) is 12.5 Å². The third-order valence-corrected chi connectivity index (χ3v) is 3.76. The summed E-state index contributed by atoms with van der Waals surface area (Å²) in [6, 6.07) is 6.75. The molecule has 1 aliphatic rings. The van der Waals surface area contributed by atoms with Crippen LogP contribution in [0.1, 0.15) is 42.6 Å². The van der Waals surface area contributed by atoms with E-state index >= 15 is 0 Å². The number of urea groups is 1. The molecule has 2 rings (SSSR count). The van der Waals surface area contributed by atoms with Crippen LogP contribution in [0.2, 0.25) is 0 Å². The molecular formula is C17H22N2O4. The average molecular weight is 318 g/mol. The number of carbonyl (C=O) groups excluding carboxylic acids is 3. The van der Waals surface area contributed by atoms with Gasteiger partial charge in [-0.25, -0.2) is 9.59 Å². The van der Waals surface area contributed by atoms with Crippen molar-refractivity contribution in [2.45, 2.75) is 39.2 Å². The van der Waals surface area contributed by atoms with Gasteiger partial charge in [0.25, 0.3) is 5.91 Å². The summed E-state index contributed by atoms with van der Waals surface area (Å²) in [5.74, 6) is -1.07. The predicted molar refractivity (Wildman–Crippen MR) is 85.0 cm³/mol. The predicted octanol–water partition coefficient (Wildman–Crippen LogP) is 2.13. The Balaban J connectivity index is 1.92. The average Bonchev–Trinajstić information content (AvgIpc) is 2.98. The highest BCUT2D eigenvalue weighted by molar-refractivity contribution is 5.99. The summed E-state index contributed by atoms with van der Waals surface area (Å²) in [4.78, 5) is 36.7. The SMILES string of the molecule is CCCCc1ccc(C(=O)O[C@H](C)C(=O)N2CCNC2=O)cc1. The van der Waals surface area contributed by atoms with Gasteiger partial charge in [0.1, 0.15) is 0 Å².